The second-order valence-corrected chi connectivity index (χ2v) is 7.64. The van der Waals surface area contributed by atoms with E-state index in [1.807, 2.05) is 27.7 Å². The Morgan fingerprint density at radius 1 is 0.889 bits per heavy atom. The third-order valence-electron chi connectivity index (χ3n) is 4.55. The van der Waals surface area contributed by atoms with E-state index in [2.05, 4.69) is 34.6 Å². The Morgan fingerprint density at radius 2 is 1.28 bits per heavy atom. The molecular weight excluding hydrogens is 226 g/mol. The van der Waals surface area contributed by atoms with Gasteiger partial charge in [-0.05, 0) is 47.0 Å². The predicted molar refractivity (Wildman–Crippen MR) is 76.5 cm³/mol. The monoisotopic (exact) mass is 253 g/mol. The summed E-state index contributed by atoms with van der Waals surface area (Å²) in [5.41, 5.74) is -0.851. The van der Waals surface area contributed by atoms with E-state index in [9.17, 15) is 0 Å². The van der Waals surface area contributed by atoms with Crippen LogP contribution >= 0.6 is 0 Å². The van der Waals surface area contributed by atoms with Gasteiger partial charge in [-0.2, -0.15) is 0 Å². The zero-order valence-corrected chi connectivity index (χ0v) is 13.4. The minimum atomic E-state index is -0.406. The molecule has 0 aromatic rings. The molecule has 0 amide bonds. The van der Waals surface area contributed by atoms with Crippen LogP contribution in [0.4, 0.5) is 0 Å². The van der Waals surface area contributed by atoms with Crippen molar-refractivity contribution in [2.24, 2.45) is 5.41 Å². The third kappa shape index (κ3) is 3.12. The summed E-state index contributed by atoms with van der Waals surface area (Å²) in [4.78, 5) is 0. The van der Waals surface area contributed by atoms with Gasteiger partial charge < -0.3 is 14.0 Å². The summed E-state index contributed by atoms with van der Waals surface area (Å²) in [6.07, 6.45) is 0. The molecule has 3 nitrogen and oxygen atoms in total. The van der Waals surface area contributed by atoms with Crippen molar-refractivity contribution in [1.82, 2.24) is 0 Å². The van der Waals surface area contributed by atoms with Crippen molar-refractivity contribution in [3.8, 4) is 0 Å². The summed E-state index contributed by atoms with van der Waals surface area (Å²) < 4.78 is 17.6. The Morgan fingerprint density at radius 3 is 1.61 bits per heavy atom. The van der Waals surface area contributed by atoms with Crippen LogP contribution in [-0.4, -0.2) is 31.2 Å². The molecule has 1 fully saturated rings. The molecule has 5 heteroatoms. The summed E-state index contributed by atoms with van der Waals surface area (Å²) in [6.45, 7) is 18.8. The van der Waals surface area contributed by atoms with Crippen LogP contribution in [0, 0.1) is 5.41 Å². The first-order valence-corrected chi connectivity index (χ1v) is 6.65. The lowest BCUT2D eigenvalue weighted by atomic mass is 9.55. The summed E-state index contributed by atoms with van der Waals surface area (Å²) in [5.74, 6) is 0. The number of rotatable bonds is 3. The van der Waals surface area contributed by atoms with Gasteiger partial charge in [0, 0.05) is 5.60 Å². The molecule has 1 aliphatic heterocycles. The predicted octanol–water partition coefficient (Wildman–Crippen LogP) is 3.04. The minimum Gasteiger partial charge on any atom is -0.438 e. The van der Waals surface area contributed by atoms with Crippen LogP contribution in [0.25, 0.3) is 0 Å². The Bertz CT molecular complexity index is 290. The summed E-state index contributed by atoms with van der Waals surface area (Å²) in [7, 11) is 1.28. The summed E-state index contributed by atoms with van der Waals surface area (Å²) >= 11 is 0. The summed E-state index contributed by atoms with van der Waals surface area (Å²) in [5, 5.41) is 0. The van der Waals surface area contributed by atoms with Crippen molar-refractivity contribution >= 4 is 14.4 Å². The fraction of sp³-hybridized carbons (Fsp3) is 1.00. The molecule has 1 heterocycles. The second kappa shape index (κ2) is 4.53. The highest BCUT2D eigenvalue weighted by molar-refractivity contribution is 7.03. The molecule has 0 atom stereocenters. The minimum absolute atomic E-state index is 0.0487. The van der Waals surface area contributed by atoms with E-state index >= 15 is 0 Å². The second-order valence-electron chi connectivity index (χ2n) is 7.64. The maximum atomic E-state index is 5.89. The van der Waals surface area contributed by atoms with Gasteiger partial charge in [0.2, 0.25) is 0 Å². The average molecular weight is 253 g/mol. The molecule has 0 unspecified atom stereocenters. The highest BCUT2D eigenvalue weighted by Gasteiger charge is 2.52. The molecule has 1 rings (SSSR count). The molecule has 0 aromatic carbocycles. The van der Waals surface area contributed by atoms with Crippen LogP contribution in [0.2, 0.25) is 0 Å². The number of hydrogen-bond acceptors (Lipinski definition) is 3. The zero-order valence-electron chi connectivity index (χ0n) is 13.4. The van der Waals surface area contributed by atoms with Gasteiger partial charge in [-0.3, -0.25) is 0 Å². The zero-order chi connectivity index (χ0) is 14.4. The normalized spacial score (nSPS) is 23.3. The fourth-order valence-corrected chi connectivity index (χ4v) is 1.35. The molecule has 103 valence electrons. The molecule has 0 aromatic heterocycles. The molecule has 0 saturated carbocycles. The van der Waals surface area contributed by atoms with Gasteiger partial charge in [0.1, 0.15) is 0 Å². The molecule has 1 aliphatic rings. The Labute approximate surface area is 113 Å². The van der Waals surface area contributed by atoms with Crippen molar-refractivity contribution in [2.45, 2.75) is 79.1 Å². The standard InChI is InChI=1S/C13H27B2O3/c1-10(2,3)11(4,5)16-14-15-17-12(6,7)13(8,9)18-15/h1-9H3. The van der Waals surface area contributed by atoms with Crippen molar-refractivity contribution in [3.05, 3.63) is 0 Å². The van der Waals surface area contributed by atoms with Gasteiger partial charge in [0.25, 0.3) is 0 Å². The Hall–Kier alpha value is 0.00987. The lowest BCUT2D eigenvalue weighted by Gasteiger charge is -2.39. The topological polar surface area (TPSA) is 27.7 Å². The van der Waals surface area contributed by atoms with E-state index in [0.29, 0.717) is 0 Å². The van der Waals surface area contributed by atoms with Crippen LogP contribution in [0.3, 0.4) is 0 Å². The SMILES string of the molecule is CC(C)(C)C(C)(C)O[B]B1OC(C)(C)C(C)(C)O1. The van der Waals surface area contributed by atoms with E-state index < -0.39 is 7.01 Å². The van der Waals surface area contributed by atoms with Crippen LogP contribution in [0.5, 0.6) is 0 Å². The molecule has 1 saturated heterocycles. The van der Waals surface area contributed by atoms with Gasteiger partial charge in [0.15, 0.2) is 0 Å². The van der Waals surface area contributed by atoms with Crippen LogP contribution in [0.15, 0.2) is 0 Å². The average Bonchev–Trinajstić information content (AvgIpc) is 2.30. The Balaban J connectivity index is 2.58. The largest absolute Gasteiger partial charge is 0.439 e. The maximum absolute atomic E-state index is 5.89. The highest BCUT2D eigenvalue weighted by Crippen LogP contribution is 2.37. The van der Waals surface area contributed by atoms with Crippen molar-refractivity contribution in [3.63, 3.8) is 0 Å². The fourth-order valence-electron chi connectivity index (χ4n) is 1.35. The van der Waals surface area contributed by atoms with Gasteiger partial charge in [-0.1, -0.05) is 20.8 Å². The summed E-state index contributed by atoms with van der Waals surface area (Å²) in [6, 6.07) is 0. The Kier molecular flexibility index (Phi) is 4.05. The molecule has 0 N–H and O–H groups in total. The van der Waals surface area contributed by atoms with Crippen LogP contribution in [-0.2, 0) is 14.0 Å². The third-order valence-corrected chi connectivity index (χ3v) is 4.55. The van der Waals surface area contributed by atoms with Crippen molar-refractivity contribution < 1.29 is 14.0 Å². The molecule has 18 heavy (non-hydrogen) atoms. The molecular formula is C13H27B2O3. The van der Waals surface area contributed by atoms with E-state index in [0.717, 1.165) is 0 Å². The van der Waals surface area contributed by atoms with E-state index in [1.165, 1.54) is 0 Å². The van der Waals surface area contributed by atoms with Gasteiger partial charge >= 0.3 is 14.4 Å². The molecule has 0 bridgehead atoms. The first-order chi connectivity index (χ1) is 7.79. The van der Waals surface area contributed by atoms with Gasteiger partial charge in [0.05, 0.1) is 11.2 Å². The lowest BCUT2D eigenvalue weighted by Crippen LogP contribution is -2.44. The van der Waals surface area contributed by atoms with Crippen molar-refractivity contribution in [2.75, 3.05) is 0 Å². The van der Waals surface area contributed by atoms with Crippen LogP contribution < -0.4 is 0 Å². The van der Waals surface area contributed by atoms with E-state index in [-0.39, 0.29) is 22.2 Å². The first kappa shape index (κ1) is 16.1. The van der Waals surface area contributed by atoms with E-state index in [1.54, 1.807) is 7.37 Å². The quantitative estimate of drug-likeness (QED) is 0.723. The van der Waals surface area contributed by atoms with Gasteiger partial charge in [-0.25, -0.2) is 0 Å². The van der Waals surface area contributed by atoms with E-state index in [4.69, 9.17) is 14.0 Å². The lowest BCUT2D eigenvalue weighted by molar-refractivity contribution is 0.00441. The van der Waals surface area contributed by atoms with Crippen LogP contribution in [0.1, 0.15) is 62.3 Å². The number of hydrogen-bond donors (Lipinski definition) is 0. The van der Waals surface area contributed by atoms with Crippen molar-refractivity contribution in [1.29, 1.82) is 0 Å². The van der Waals surface area contributed by atoms with Gasteiger partial charge in [-0.15, -0.1) is 0 Å². The highest BCUT2D eigenvalue weighted by atomic mass is 16.7. The first-order valence-electron chi connectivity index (χ1n) is 6.65. The smallest absolute Gasteiger partial charge is 0.438 e. The molecule has 1 radical (unpaired) electrons. The maximum Gasteiger partial charge on any atom is 0.439 e. The molecule has 0 aliphatic carbocycles. The molecule has 0 spiro atoms.